The second-order valence-electron chi connectivity index (χ2n) is 3.34. The minimum Gasteiger partial charge on any atom is -0.315 e. The van der Waals surface area contributed by atoms with Crippen molar-refractivity contribution in [2.75, 3.05) is 11.9 Å². The first-order chi connectivity index (χ1) is 6.59. The number of carbonyl (C=O) groups excluding carboxylic acids is 1. The standard InChI is InChI=1S/C10H9BrINO/c1-13-9-5-6(12)4-8(11)7(9)2-3-10(13)14/h4-5H,2-3H2,1H3. The molecule has 1 aliphatic heterocycles. The monoisotopic (exact) mass is 365 g/mol. The number of amides is 1. The van der Waals surface area contributed by atoms with Crippen molar-refractivity contribution in [3.05, 3.63) is 25.7 Å². The van der Waals surface area contributed by atoms with Gasteiger partial charge in [0, 0.05) is 27.2 Å². The summed E-state index contributed by atoms with van der Waals surface area (Å²) in [6.45, 7) is 0. The van der Waals surface area contributed by atoms with Crippen molar-refractivity contribution in [3.63, 3.8) is 0 Å². The first-order valence-electron chi connectivity index (χ1n) is 4.34. The van der Waals surface area contributed by atoms with E-state index in [1.807, 2.05) is 7.05 Å². The van der Waals surface area contributed by atoms with Gasteiger partial charge in [-0.15, -0.1) is 0 Å². The summed E-state index contributed by atoms with van der Waals surface area (Å²) in [5, 5.41) is 0. The number of halogens is 2. The van der Waals surface area contributed by atoms with Crippen molar-refractivity contribution in [3.8, 4) is 0 Å². The van der Waals surface area contributed by atoms with Crippen LogP contribution in [0.1, 0.15) is 12.0 Å². The second kappa shape index (κ2) is 3.81. The zero-order valence-corrected chi connectivity index (χ0v) is 11.4. The molecule has 0 radical (unpaired) electrons. The maximum absolute atomic E-state index is 11.5. The molecule has 0 fully saturated rings. The maximum Gasteiger partial charge on any atom is 0.227 e. The Kier molecular flexibility index (Phi) is 2.83. The fourth-order valence-electron chi connectivity index (χ4n) is 1.67. The molecule has 74 valence electrons. The van der Waals surface area contributed by atoms with Crippen LogP contribution in [0, 0.1) is 3.57 Å². The third kappa shape index (κ3) is 1.69. The minimum atomic E-state index is 0.200. The van der Waals surface area contributed by atoms with E-state index in [2.05, 4.69) is 50.7 Å². The Balaban J connectivity index is 2.59. The number of hydrogen-bond acceptors (Lipinski definition) is 1. The third-order valence-electron chi connectivity index (χ3n) is 2.46. The lowest BCUT2D eigenvalue weighted by atomic mass is 10.0. The highest BCUT2D eigenvalue weighted by molar-refractivity contribution is 14.1. The Bertz CT molecular complexity index is 405. The predicted octanol–water partition coefficient (Wildman–Crippen LogP) is 2.96. The molecule has 0 saturated heterocycles. The van der Waals surface area contributed by atoms with Gasteiger partial charge in [-0.1, -0.05) is 15.9 Å². The number of carbonyl (C=O) groups is 1. The quantitative estimate of drug-likeness (QED) is 0.647. The Morgan fingerprint density at radius 1 is 1.43 bits per heavy atom. The largest absolute Gasteiger partial charge is 0.315 e. The molecule has 0 saturated carbocycles. The smallest absolute Gasteiger partial charge is 0.227 e. The fraction of sp³-hybridized carbons (Fsp3) is 0.300. The Hall–Kier alpha value is -0.100. The van der Waals surface area contributed by atoms with Crippen LogP contribution in [0.15, 0.2) is 16.6 Å². The summed E-state index contributed by atoms with van der Waals surface area (Å²) in [5.41, 5.74) is 2.28. The Labute approximate surface area is 105 Å². The lowest BCUT2D eigenvalue weighted by Gasteiger charge is -2.26. The van der Waals surface area contributed by atoms with E-state index in [4.69, 9.17) is 0 Å². The summed E-state index contributed by atoms with van der Waals surface area (Å²) in [5.74, 6) is 0.200. The zero-order valence-electron chi connectivity index (χ0n) is 7.68. The van der Waals surface area contributed by atoms with Gasteiger partial charge in [-0.2, -0.15) is 0 Å². The van der Waals surface area contributed by atoms with Gasteiger partial charge >= 0.3 is 0 Å². The average Bonchev–Trinajstić information content (AvgIpc) is 2.12. The SMILES string of the molecule is CN1C(=O)CCc2c(Br)cc(I)cc21. The van der Waals surface area contributed by atoms with Crippen LogP contribution in [0.2, 0.25) is 0 Å². The van der Waals surface area contributed by atoms with E-state index in [9.17, 15) is 4.79 Å². The lowest BCUT2D eigenvalue weighted by Crippen LogP contribution is -2.31. The van der Waals surface area contributed by atoms with E-state index in [0.29, 0.717) is 6.42 Å². The Morgan fingerprint density at radius 3 is 2.86 bits per heavy atom. The molecule has 1 aliphatic rings. The topological polar surface area (TPSA) is 20.3 Å². The van der Waals surface area contributed by atoms with Gasteiger partial charge in [0.25, 0.3) is 0 Å². The third-order valence-corrected chi connectivity index (χ3v) is 3.79. The van der Waals surface area contributed by atoms with Crippen LogP contribution >= 0.6 is 38.5 Å². The molecule has 0 spiro atoms. The summed E-state index contributed by atoms with van der Waals surface area (Å²) in [4.78, 5) is 13.2. The molecule has 0 bridgehead atoms. The molecule has 0 unspecified atom stereocenters. The summed E-state index contributed by atoms with van der Waals surface area (Å²) < 4.78 is 2.26. The molecule has 2 rings (SSSR count). The number of hydrogen-bond donors (Lipinski definition) is 0. The van der Waals surface area contributed by atoms with Crippen LogP contribution in [0.3, 0.4) is 0 Å². The number of anilines is 1. The van der Waals surface area contributed by atoms with Gasteiger partial charge in [0.15, 0.2) is 0 Å². The van der Waals surface area contributed by atoms with Crippen molar-refractivity contribution in [1.29, 1.82) is 0 Å². The van der Waals surface area contributed by atoms with E-state index in [1.54, 1.807) is 4.90 Å². The molecular formula is C10H9BrINO. The molecule has 4 heteroatoms. The number of benzene rings is 1. The van der Waals surface area contributed by atoms with E-state index in [0.717, 1.165) is 20.2 Å². The van der Waals surface area contributed by atoms with E-state index < -0.39 is 0 Å². The molecule has 0 aromatic heterocycles. The summed E-state index contributed by atoms with van der Waals surface area (Å²) in [7, 11) is 1.84. The highest BCUT2D eigenvalue weighted by Gasteiger charge is 2.22. The van der Waals surface area contributed by atoms with Crippen LogP contribution in [0.4, 0.5) is 5.69 Å². The number of fused-ring (bicyclic) bond motifs is 1. The van der Waals surface area contributed by atoms with Gasteiger partial charge in [0.1, 0.15) is 0 Å². The normalized spacial score (nSPS) is 15.6. The minimum absolute atomic E-state index is 0.200. The van der Waals surface area contributed by atoms with Crippen LogP contribution in [0.5, 0.6) is 0 Å². The first-order valence-corrected chi connectivity index (χ1v) is 6.21. The van der Waals surface area contributed by atoms with Crippen LogP contribution < -0.4 is 4.90 Å². The van der Waals surface area contributed by atoms with Gasteiger partial charge in [-0.25, -0.2) is 0 Å². The summed E-state index contributed by atoms with van der Waals surface area (Å²) in [6.07, 6.45) is 1.46. The lowest BCUT2D eigenvalue weighted by molar-refractivity contribution is -0.118. The Morgan fingerprint density at radius 2 is 2.14 bits per heavy atom. The molecular weight excluding hydrogens is 357 g/mol. The van der Waals surface area contributed by atoms with E-state index >= 15 is 0 Å². The van der Waals surface area contributed by atoms with E-state index in [-0.39, 0.29) is 5.91 Å². The summed E-state index contributed by atoms with van der Waals surface area (Å²) in [6, 6.07) is 4.14. The number of nitrogens with zero attached hydrogens (tertiary/aromatic N) is 1. The molecule has 0 atom stereocenters. The van der Waals surface area contributed by atoms with Crippen molar-refractivity contribution >= 4 is 50.1 Å². The first kappa shape index (κ1) is 10.4. The van der Waals surface area contributed by atoms with Crippen LogP contribution in [-0.2, 0) is 11.2 Å². The summed E-state index contributed by atoms with van der Waals surface area (Å²) >= 11 is 5.80. The van der Waals surface area contributed by atoms with Crippen LogP contribution in [0.25, 0.3) is 0 Å². The van der Waals surface area contributed by atoms with Crippen molar-refractivity contribution in [1.82, 2.24) is 0 Å². The molecule has 1 aromatic carbocycles. The molecule has 14 heavy (non-hydrogen) atoms. The molecule has 0 aliphatic carbocycles. The van der Waals surface area contributed by atoms with Gasteiger partial charge in [0.05, 0.1) is 0 Å². The molecule has 1 amide bonds. The van der Waals surface area contributed by atoms with Gasteiger partial charge in [-0.05, 0) is 46.7 Å². The number of rotatable bonds is 0. The average molecular weight is 366 g/mol. The fourth-order valence-corrected chi connectivity index (χ4v) is 3.35. The van der Waals surface area contributed by atoms with Crippen molar-refractivity contribution in [2.45, 2.75) is 12.8 Å². The van der Waals surface area contributed by atoms with Crippen LogP contribution in [-0.4, -0.2) is 13.0 Å². The molecule has 0 N–H and O–H groups in total. The van der Waals surface area contributed by atoms with Crippen molar-refractivity contribution < 1.29 is 4.79 Å². The zero-order chi connectivity index (χ0) is 10.3. The van der Waals surface area contributed by atoms with Gasteiger partial charge in [-0.3, -0.25) is 4.79 Å². The molecule has 1 heterocycles. The maximum atomic E-state index is 11.5. The highest BCUT2D eigenvalue weighted by atomic mass is 127. The van der Waals surface area contributed by atoms with E-state index in [1.165, 1.54) is 5.56 Å². The highest BCUT2D eigenvalue weighted by Crippen LogP contribution is 2.34. The van der Waals surface area contributed by atoms with Crippen molar-refractivity contribution in [2.24, 2.45) is 0 Å². The molecule has 2 nitrogen and oxygen atoms in total. The van der Waals surface area contributed by atoms with Gasteiger partial charge < -0.3 is 4.90 Å². The van der Waals surface area contributed by atoms with Gasteiger partial charge in [0.2, 0.25) is 5.91 Å². The predicted molar refractivity (Wildman–Crippen MR) is 68.6 cm³/mol. The second-order valence-corrected chi connectivity index (χ2v) is 5.44. The molecule has 1 aromatic rings.